The van der Waals surface area contributed by atoms with Crippen molar-refractivity contribution in [3.05, 3.63) is 0 Å². The summed E-state index contributed by atoms with van der Waals surface area (Å²) in [7, 11) is 0. The first-order chi connectivity index (χ1) is 3.41. The monoisotopic (exact) mass is 389 g/mol. The second-order valence-electron chi connectivity index (χ2n) is 2.44. The fraction of sp³-hybridized carbons (Fsp3) is 1.00. The predicted molar refractivity (Wildman–Crippen MR) is 46.0 cm³/mol. The molecule has 0 aliphatic rings. The topological polar surface area (TPSA) is 101 Å². The van der Waals surface area contributed by atoms with Gasteiger partial charge < -0.3 is 16.7 Å². The largest absolute Gasteiger partial charge is 0.412 e. The first kappa shape index (κ1) is 29.6. The molecule has 0 aliphatic heterocycles. The van der Waals surface area contributed by atoms with Crippen molar-refractivity contribution in [2.75, 3.05) is 0 Å². The van der Waals surface area contributed by atoms with E-state index in [0.29, 0.717) is 0 Å². The molecule has 0 spiro atoms. The van der Waals surface area contributed by atoms with E-state index in [1.54, 1.807) is 4.35 Å². The Bertz CT molecular complexity index is 47.8. The molecule has 0 radical (unpaired) electrons. The van der Waals surface area contributed by atoms with Gasteiger partial charge in [-0.1, -0.05) is 0 Å². The fourth-order valence-electron chi connectivity index (χ4n) is 0. The van der Waals surface area contributed by atoms with E-state index in [4.69, 9.17) is 5.73 Å². The van der Waals surface area contributed by atoms with Crippen molar-refractivity contribution in [2.24, 2.45) is 5.73 Å². The molecule has 0 aromatic rings. The summed E-state index contributed by atoms with van der Waals surface area (Å²) >= 11 is 9.03. The third-order valence-electron chi connectivity index (χ3n) is 0. The maximum absolute atomic E-state index is 5.35. The maximum atomic E-state index is 5.35. The molecule has 0 fully saturated rings. The minimum atomic E-state index is 0. The van der Waals surface area contributed by atoms with Gasteiger partial charge in [-0.05, 0) is 44.3 Å². The summed E-state index contributed by atoms with van der Waals surface area (Å²) in [5.74, 6) is 0. The number of rotatable bonds is 0. The van der Waals surface area contributed by atoms with Crippen LogP contribution in [0.4, 0.5) is 0 Å². The van der Waals surface area contributed by atoms with E-state index in [0.717, 1.165) is 0 Å². The summed E-state index contributed by atoms with van der Waals surface area (Å²) in [6.07, 6.45) is 0. The zero-order chi connectivity index (χ0) is 7.21. The van der Waals surface area contributed by atoms with Gasteiger partial charge in [0.2, 0.25) is 0 Å². The Morgan fingerprint density at radius 3 is 1.09 bits per heavy atom. The smallest absolute Gasteiger partial charge is 0.00686 e. The van der Waals surface area contributed by atoms with E-state index < -0.39 is 0 Å². The first-order valence-corrected chi connectivity index (χ1v) is 2.92. The Hall–Kier alpha value is 1.11. The van der Waals surface area contributed by atoms with Crippen LogP contribution in [0.15, 0.2) is 0 Å². The molecule has 0 bridgehead atoms. The zero-order valence-electron chi connectivity index (χ0n) is 6.65. The second kappa shape index (κ2) is 17.3. The summed E-state index contributed by atoms with van der Waals surface area (Å²) in [5.41, 5.74) is 5.35. The Kier molecular flexibility index (Phi) is 46.4. The first-order valence-electron chi connectivity index (χ1n) is 2.17. The molecule has 0 aliphatic carbocycles. The third kappa shape index (κ3) is 750. The van der Waals surface area contributed by atoms with Crippen LogP contribution < -0.4 is 10.1 Å². The summed E-state index contributed by atoms with van der Waals surface area (Å²) < 4.78 is 1.69. The second-order valence-corrected chi connectivity index (χ2v) is 3.01. The predicted octanol–water partition coefficient (Wildman–Crippen LogP) is -0.0247. The number of hydrogen-bond acceptors (Lipinski definition) is 2. The average molecular weight is 390 g/mol. The van der Waals surface area contributed by atoms with Crippen molar-refractivity contribution in [3.63, 3.8) is 0 Å². The molecule has 0 unspecified atom stereocenters. The van der Waals surface area contributed by atoms with E-state index in [1.165, 1.54) is 0 Å². The van der Waals surface area contributed by atoms with E-state index in [-0.39, 0.29) is 37.6 Å². The molecular formula is C4H16Cl2N2O2Pt. The van der Waals surface area contributed by atoms with Gasteiger partial charge in [-0.25, -0.2) is 0 Å². The summed E-state index contributed by atoms with van der Waals surface area (Å²) in [6.45, 7) is 5.90. The van der Waals surface area contributed by atoms with Crippen molar-refractivity contribution in [3.8, 4) is 0 Å². The normalized spacial score (nSPS) is 7.09. The van der Waals surface area contributed by atoms with Crippen LogP contribution in [0.3, 0.4) is 0 Å². The van der Waals surface area contributed by atoms with Crippen LogP contribution in [0.1, 0.15) is 20.8 Å². The Labute approximate surface area is 91.9 Å². The quantitative estimate of drug-likeness (QED) is 0.568. The zero-order valence-corrected chi connectivity index (χ0v) is 10.4. The Morgan fingerprint density at radius 1 is 1.09 bits per heavy atom. The van der Waals surface area contributed by atoms with Crippen LogP contribution >= 0.6 is 23.6 Å². The summed E-state index contributed by atoms with van der Waals surface area (Å²) in [6, 6.07) is 0. The molecule has 4 nitrogen and oxygen atoms in total. The van der Waals surface area contributed by atoms with Crippen molar-refractivity contribution in [1.29, 1.82) is 0 Å². The van der Waals surface area contributed by atoms with Gasteiger partial charge in [0.1, 0.15) is 0 Å². The van der Waals surface area contributed by atoms with Crippen LogP contribution in [0.2, 0.25) is 0 Å². The van der Waals surface area contributed by atoms with E-state index in [9.17, 15) is 0 Å². The number of nitrogens with two attached hydrogens (primary N) is 1. The van der Waals surface area contributed by atoms with Gasteiger partial charge in [-0.3, -0.25) is 0 Å². The van der Waals surface area contributed by atoms with E-state index in [2.05, 4.69) is 23.6 Å². The van der Waals surface area contributed by atoms with Gasteiger partial charge in [0.05, 0.1) is 0 Å². The SMILES string of the molecule is CC(C)(C)N.ClNCl.O.O.[Pt]. The maximum Gasteiger partial charge on any atom is 0.00686 e. The van der Waals surface area contributed by atoms with Gasteiger partial charge in [0, 0.05) is 26.6 Å². The van der Waals surface area contributed by atoms with E-state index in [1.807, 2.05) is 20.8 Å². The third-order valence-corrected chi connectivity index (χ3v) is 0. The van der Waals surface area contributed by atoms with Crippen molar-refractivity contribution >= 4 is 23.6 Å². The molecule has 7 N–H and O–H groups in total. The molecule has 0 aromatic heterocycles. The van der Waals surface area contributed by atoms with Crippen molar-refractivity contribution in [1.82, 2.24) is 4.35 Å². The minimum Gasteiger partial charge on any atom is -0.412 e. The molecule has 0 rings (SSSR count). The van der Waals surface area contributed by atoms with Crippen LogP contribution in [-0.4, -0.2) is 16.5 Å². The van der Waals surface area contributed by atoms with Gasteiger partial charge in [0.15, 0.2) is 0 Å². The van der Waals surface area contributed by atoms with Crippen LogP contribution in [0, 0.1) is 0 Å². The molecular weight excluding hydrogens is 374 g/mol. The molecule has 0 saturated heterocycles. The van der Waals surface area contributed by atoms with Crippen LogP contribution in [-0.2, 0) is 21.1 Å². The number of halogens is 2. The molecule has 11 heavy (non-hydrogen) atoms. The molecule has 0 heterocycles. The molecule has 0 amide bonds. The summed E-state index contributed by atoms with van der Waals surface area (Å²) in [4.78, 5) is 0. The Balaban J connectivity index is -0.0000000183. The minimum absolute atomic E-state index is 0. The molecule has 78 valence electrons. The number of nitrogens with one attached hydrogen (secondary N) is 1. The summed E-state index contributed by atoms with van der Waals surface area (Å²) in [5, 5.41) is 0. The Morgan fingerprint density at radius 2 is 1.09 bits per heavy atom. The standard InChI is InChI=1S/C4H11N.Cl2HN.2H2O.Pt/c1-4(2,3)5;1-3-2;;;/h5H2,1-3H3;3H;2*1H2;. The van der Waals surface area contributed by atoms with Gasteiger partial charge >= 0.3 is 0 Å². The average Bonchev–Trinajstić information content (AvgIpc) is 1.27. The van der Waals surface area contributed by atoms with Crippen molar-refractivity contribution in [2.45, 2.75) is 26.3 Å². The van der Waals surface area contributed by atoms with Crippen LogP contribution in [0.5, 0.6) is 0 Å². The fourth-order valence-corrected chi connectivity index (χ4v) is 0. The van der Waals surface area contributed by atoms with E-state index >= 15 is 0 Å². The molecule has 0 aromatic carbocycles. The van der Waals surface area contributed by atoms with Crippen molar-refractivity contribution < 1.29 is 32.0 Å². The van der Waals surface area contributed by atoms with Crippen LogP contribution in [0.25, 0.3) is 0 Å². The number of hydrogen-bond donors (Lipinski definition) is 2. The van der Waals surface area contributed by atoms with Gasteiger partial charge in [0.25, 0.3) is 0 Å². The molecule has 0 saturated carbocycles. The molecule has 0 atom stereocenters. The van der Waals surface area contributed by atoms with Gasteiger partial charge in [-0.15, -0.1) is 4.35 Å². The van der Waals surface area contributed by atoms with Gasteiger partial charge in [-0.2, -0.15) is 0 Å². The molecule has 7 heteroatoms.